The number of nitrogens with two attached hydrogens (primary N) is 2. The minimum Gasteiger partial charge on any atom is -0.426 e. The van der Waals surface area contributed by atoms with Gasteiger partial charge in [0.1, 0.15) is 65.7 Å². The van der Waals surface area contributed by atoms with Gasteiger partial charge in [-0.3, -0.25) is 24.0 Å². The van der Waals surface area contributed by atoms with Gasteiger partial charge in [0, 0.05) is 48.7 Å². The summed E-state index contributed by atoms with van der Waals surface area (Å²) in [6.45, 7) is 13.7. The number of aromatic nitrogens is 6. The van der Waals surface area contributed by atoms with Crippen LogP contribution in [0.15, 0.2) is 61.4 Å². The standard InChI is InChI=1S/C21H21ClFN7O2.C21H22ClFN6O4/c1-12(2)30(9-16(31)26-7-13-5-4-6-14(22)19(13)23)17(32)10-29-8-15(25-3)18-20(24)27-11-28-21(18)29;1-12(2)29(8-16(31)25-6-13-4-3-5-14(22)19(13)23)17(32)9-28-7-15(33-11-30)18-20(24)26-10-27-21(18)28/h4-6,8,11-12H,7,9-10H2,1-2H3,(H,26,31)(H2,24,27,28);3-5,7,10-12H,6,8-9H2,1-2H3,(H,25,31)(H2,24,26,27). The maximum Gasteiger partial charge on any atom is 0.298 e. The summed E-state index contributed by atoms with van der Waals surface area (Å²) in [6.07, 6.45) is 5.39. The smallest absolute Gasteiger partial charge is 0.298 e. The van der Waals surface area contributed by atoms with E-state index in [1.54, 1.807) is 39.8 Å². The third-order valence-electron chi connectivity index (χ3n) is 9.75. The van der Waals surface area contributed by atoms with E-state index in [0.717, 1.165) is 0 Å². The molecular formula is C42H43Cl2F2N13O6. The van der Waals surface area contributed by atoms with Crippen LogP contribution in [0.4, 0.5) is 26.1 Å². The van der Waals surface area contributed by atoms with Gasteiger partial charge in [0.25, 0.3) is 6.47 Å². The number of ether oxygens (including phenoxy) is 1. The highest BCUT2D eigenvalue weighted by Crippen LogP contribution is 2.32. The molecule has 0 aliphatic carbocycles. The van der Waals surface area contributed by atoms with Crippen LogP contribution < -0.4 is 26.8 Å². The Morgan fingerprint density at radius 2 is 1.22 bits per heavy atom. The molecule has 0 fully saturated rings. The van der Waals surface area contributed by atoms with Gasteiger partial charge in [-0.05, 0) is 39.8 Å². The van der Waals surface area contributed by atoms with Gasteiger partial charge in [-0.15, -0.1) is 0 Å². The summed E-state index contributed by atoms with van der Waals surface area (Å²) in [5, 5.41) is 5.81. The first-order valence-electron chi connectivity index (χ1n) is 19.6. The highest BCUT2D eigenvalue weighted by Gasteiger charge is 2.25. The van der Waals surface area contributed by atoms with Gasteiger partial charge in [-0.1, -0.05) is 47.5 Å². The molecule has 23 heteroatoms. The first-order chi connectivity index (χ1) is 30.9. The Morgan fingerprint density at radius 1 is 0.769 bits per heavy atom. The summed E-state index contributed by atoms with van der Waals surface area (Å²) in [4.78, 5) is 83.9. The highest BCUT2D eigenvalue weighted by atomic mass is 35.5. The Bertz CT molecular complexity index is 2790. The van der Waals surface area contributed by atoms with Crippen LogP contribution in [-0.4, -0.2) is 94.1 Å². The van der Waals surface area contributed by atoms with Gasteiger partial charge in [-0.2, -0.15) is 0 Å². The summed E-state index contributed by atoms with van der Waals surface area (Å²) >= 11 is 11.5. The largest absolute Gasteiger partial charge is 0.426 e. The Labute approximate surface area is 380 Å². The van der Waals surface area contributed by atoms with Crippen molar-refractivity contribution in [2.75, 3.05) is 24.6 Å². The van der Waals surface area contributed by atoms with E-state index >= 15 is 0 Å². The zero-order valence-electron chi connectivity index (χ0n) is 35.4. The average Bonchev–Trinajstić information content (AvgIpc) is 3.81. The molecule has 0 aliphatic heterocycles. The molecule has 0 atom stereocenters. The maximum absolute atomic E-state index is 14.0. The number of nitrogen functional groups attached to an aromatic ring is 2. The van der Waals surface area contributed by atoms with E-state index in [1.165, 1.54) is 68.2 Å². The topological polar surface area (TPSA) is 243 Å². The van der Waals surface area contributed by atoms with E-state index in [0.29, 0.717) is 22.1 Å². The van der Waals surface area contributed by atoms with Gasteiger partial charge in [-0.25, -0.2) is 33.6 Å². The van der Waals surface area contributed by atoms with Crippen LogP contribution in [0.3, 0.4) is 0 Å². The molecule has 2 aromatic carbocycles. The molecule has 4 heterocycles. The average molecular weight is 935 g/mol. The first kappa shape index (κ1) is 48.6. The molecule has 0 unspecified atom stereocenters. The quantitative estimate of drug-likeness (QED) is 0.0756. The molecule has 6 N–H and O–H groups in total. The van der Waals surface area contributed by atoms with Gasteiger partial charge in [0.05, 0.1) is 35.1 Å². The van der Waals surface area contributed by atoms with Crippen molar-refractivity contribution in [1.82, 2.24) is 49.5 Å². The van der Waals surface area contributed by atoms with Crippen molar-refractivity contribution >= 4 is 92.7 Å². The number of carbonyl (C=O) groups excluding carboxylic acids is 5. The number of benzene rings is 2. The molecule has 0 aliphatic rings. The molecule has 0 bridgehead atoms. The lowest BCUT2D eigenvalue weighted by Gasteiger charge is -2.26. The van der Waals surface area contributed by atoms with E-state index in [2.05, 4.69) is 35.4 Å². The normalized spacial score (nSPS) is 10.9. The number of rotatable bonds is 16. The second-order valence-corrected chi connectivity index (χ2v) is 15.5. The Hall–Kier alpha value is -7.44. The van der Waals surface area contributed by atoms with Crippen molar-refractivity contribution in [3.05, 3.63) is 106 Å². The fraction of sp³-hybridized carbons (Fsp3) is 0.286. The minimum absolute atomic E-state index is 0.0297. The zero-order chi connectivity index (χ0) is 47.5. The number of hydrogen-bond donors (Lipinski definition) is 4. The van der Waals surface area contributed by atoms with E-state index in [4.69, 9.17) is 46.0 Å². The number of anilines is 2. The van der Waals surface area contributed by atoms with E-state index < -0.39 is 23.4 Å². The van der Waals surface area contributed by atoms with Crippen molar-refractivity contribution in [1.29, 1.82) is 0 Å². The molecule has 4 amide bonds. The number of nitrogens with one attached hydrogen (secondary N) is 2. The molecule has 0 spiro atoms. The number of fused-ring (bicyclic) bond motifs is 2. The minimum atomic E-state index is -0.606. The summed E-state index contributed by atoms with van der Waals surface area (Å²) < 4.78 is 35.9. The van der Waals surface area contributed by atoms with Crippen LogP contribution in [0.1, 0.15) is 38.8 Å². The van der Waals surface area contributed by atoms with Crippen LogP contribution in [0.25, 0.3) is 26.9 Å². The Kier molecular flexibility index (Phi) is 16.3. The fourth-order valence-electron chi connectivity index (χ4n) is 6.47. The van der Waals surface area contributed by atoms with E-state index in [-0.39, 0.29) is 114 Å². The fourth-order valence-corrected chi connectivity index (χ4v) is 6.86. The van der Waals surface area contributed by atoms with Crippen molar-refractivity contribution in [2.45, 2.75) is 66.0 Å². The lowest BCUT2D eigenvalue weighted by atomic mass is 10.2. The number of amides is 4. The molecule has 6 rings (SSSR count). The number of hydrogen-bond acceptors (Lipinski definition) is 12. The van der Waals surface area contributed by atoms with Gasteiger partial charge < -0.3 is 45.8 Å². The molecule has 340 valence electrons. The summed E-state index contributed by atoms with van der Waals surface area (Å²) in [7, 11) is 0. The SMILES string of the molecule is CC(C)N(CC(=O)NCc1cccc(Cl)c1F)C(=O)Cn1cc(OC=O)c2c(N)ncnc21.[C-]#[N+]c1cn(CC(=O)N(CC(=O)NCc2cccc(Cl)c2F)C(C)C)c2ncnc(N)c12. The van der Waals surface area contributed by atoms with Crippen LogP contribution in [0.2, 0.25) is 10.0 Å². The van der Waals surface area contributed by atoms with E-state index in [1.807, 2.05) is 0 Å². The summed E-state index contributed by atoms with van der Waals surface area (Å²) in [6, 6.07) is 8.45. The molecule has 0 saturated carbocycles. The second kappa shape index (κ2) is 21.8. The predicted molar refractivity (Wildman–Crippen MR) is 237 cm³/mol. The number of carbonyl (C=O) groups is 5. The third kappa shape index (κ3) is 11.8. The molecule has 4 aromatic heterocycles. The third-order valence-corrected chi connectivity index (χ3v) is 10.3. The predicted octanol–water partition coefficient (Wildman–Crippen LogP) is 4.80. The zero-order valence-corrected chi connectivity index (χ0v) is 36.9. The molecule has 65 heavy (non-hydrogen) atoms. The van der Waals surface area contributed by atoms with Crippen molar-refractivity contribution in [3.8, 4) is 5.75 Å². The Morgan fingerprint density at radius 3 is 1.66 bits per heavy atom. The highest BCUT2D eigenvalue weighted by molar-refractivity contribution is 6.31. The van der Waals surface area contributed by atoms with Crippen LogP contribution >= 0.6 is 23.2 Å². The lowest BCUT2D eigenvalue weighted by Crippen LogP contribution is -2.45. The first-order valence-corrected chi connectivity index (χ1v) is 20.4. The molecule has 6 aromatic rings. The number of halogens is 4. The van der Waals surface area contributed by atoms with E-state index in [9.17, 15) is 32.8 Å². The van der Waals surface area contributed by atoms with Gasteiger partial charge in [0.2, 0.25) is 29.3 Å². The van der Waals surface area contributed by atoms with Crippen LogP contribution in [0, 0.1) is 18.2 Å². The summed E-state index contributed by atoms with van der Waals surface area (Å²) in [5.74, 6) is -2.49. The summed E-state index contributed by atoms with van der Waals surface area (Å²) in [5.41, 5.74) is 13.1. The molecule has 19 nitrogen and oxygen atoms in total. The molecule has 0 radical (unpaired) electrons. The van der Waals surface area contributed by atoms with Crippen LogP contribution in [0.5, 0.6) is 5.75 Å². The van der Waals surface area contributed by atoms with Crippen molar-refractivity contribution < 1.29 is 37.5 Å². The number of nitrogens with zero attached hydrogens (tertiary/aromatic N) is 9. The van der Waals surface area contributed by atoms with Gasteiger partial charge >= 0.3 is 0 Å². The lowest BCUT2D eigenvalue weighted by molar-refractivity contribution is -0.138. The second-order valence-electron chi connectivity index (χ2n) is 14.7. The van der Waals surface area contributed by atoms with Crippen molar-refractivity contribution in [3.63, 3.8) is 0 Å². The monoisotopic (exact) mass is 933 g/mol. The van der Waals surface area contributed by atoms with Crippen molar-refractivity contribution in [2.24, 2.45) is 0 Å². The van der Waals surface area contributed by atoms with Gasteiger partial charge in [0.15, 0.2) is 5.75 Å². The molecular weight excluding hydrogens is 891 g/mol. The molecule has 0 saturated heterocycles. The maximum atomic E-state index is 14.0. The Balaban J connectivity index is 0.000000244. The van der Waals surface area contributed by atoms with Crippen LogP contribution in [-0.2, 0) is 50.2 Å².